The van der Waals surface area contributed by atoms with E-state index in [1.54, 1.807) is 12.1 Å². The molecule has 0 aliphatic carbocycles. The number of phenolic OH excluding ortho intramolecular Hbond substituents is 1. The number of nitrogens with two attached hydrogens (primary N) is 1. The minimum absolute atomic E-state index is 0.0201. The second-order valence-electron chi connectivity index (χ2n) is 4.36. The first-order valence-electron chi connectivity index (χ1n) is 4.61. The Hall–Kier alpha value is -1.11. The van der Waals surface area contributed by atoms with E-state index in [0.29, 0.717) is 10.6 Å². The van der Waals surface area contributed by atoms with Crippen molar-refractivity contribution >= 4 is 25.4 Å². The maximum Gasteiger partial charge on any atom is 0.155 e. The van der Waals surface area contributed by atoms with Gasteiger partial charge in [0.1, 0.15) is 8.07 Å². The van der Waals surface area contributed by atoms with Crippen molar-refractivity contribution in [1.29, 1.82) is 0 Å². The molecule has 4 heteroatoms. The summed E-state index contributed by atoms with van der Waals surface area (Å²) >= 11 is 5.75. The Balaban J connectivity index is 3.17. The first-order valence-corrected chi connectivity index (χ1v) is 8.49. The molecule has 2 nitrogen and oxygen atoms in total. The van der Waals surface area contributed by atoms with Crippen LogP contribution in [0.5, 0.6) is 5.75 Å². The van der Waals surface area contributed by atoms with Gasteiger partial charge in [-0.2, -0.15) is 0 Å². The zero-order chi connectivity index (χ0) is 11.6. The maximum atomic E-state index is 9.68. The first-order chi connectivity index (χ1) is 6.81. The fraction of sp³-hybridized carbons (Fsp3) is 0.273. The number of anilines is 1. The normalized spacial score (nSPS) is 10.7. The molecule has 0 amide bonds. The molecule has 0 aliphatic rings. The van der Waals surface area contributed by atoms with Crippen LogP contribution in [-0.2, 0) is 0 Å². The topological polar surface area (TPSA) is 46.2 Å². The predicted molar refractivity (Wildman–Crippen MR) is 67.8 cm³/mol. The standard InChI is InChI=1S/C11H14ClNOSi/c1-15(2,3)7-6-8-4-5-9(12)10(13)11(8)14/h4-5,14H,13H2,1-3H3. The van der Waals surface area contributed by atoms with Gasteiger partial charge in [0.2, 0.25) is 0 Å². The molecule has 0 unspecified atom stereocenters. The van der Waals surface area contributed by atoms with E-state index < -0.39 is 8.07 Å². The van der Waals surface area contributed by atoms with E-state index in [4.69, 9.17) is 17.3 Å². The number of benzene rings is 1. The first kappa shape index (κ1) is 12.0. The second kappa shape index (κ2) is 4.17. The highest BCUT2D eigenvalue weighted by Gasteiger charge is 2.10. The predicted octanol–water partition coefficient (Wildman–Crippen LogP) is 2.86. The summed E-state index contributed by atoms with van der Waals surface area (Å²) in [6.07, 6.45) is 0. The molecule has 1 aromatic rings. The lowest BCUT2D eigenvalue weighted by molar-refractivity contribution is 0.476. The van der Waals surface area contributed by atoms with Crippen LogP contribution in [0.15, 0.2) is 12.1 Å². The molecule has 0 saturated carbocycles. The Morgan fingerprint density at radius 3 is 2.47 bits per heavy atom. The molecule has 0 saturated heterocycles. The fourth-order valence-electron chi connectivity index (χ4n) is 0.939. The van der Waals surface area contributed by atoms with Crippen LogP contribution in [-0.4, -0.2) is 13.2 Å². The number of hydrogen-bond acceptors (Lipinski definition) is 2. The lowest BCUT2D eigenvalue weighted by atomic mass is 10.2. The Labute approximate surface area is 96.1 Å². The quantitative estimate of drug-likeness (QED) is 0.317. The van der Waals surface area contributed by atoms with Crippen molar-refractivity contribution in [3.05, 3.63) is 22.7 Å². The van der Waals surface area contributed by atoms with Gasteiger partial charge in [-0.1, -0.05) is 37.2 Å². The van der Waals surface area contributed by atoms with Gasteiger partial charge in [-0.25, -0.2) is 0 Å². The third-order valence-corrected chi connectivity index (χ3v) is 2.94. The van der Waals surface area contributed by atoms with Crippen molar-refractivity contribution in [2.75, 3.05) is 5.73 Å². The molecule has 15 heavy (non-hydrogen) atoms. The summed E-state index contributed by atoms with van der Waals surface area (Å²) < 4.78 is 0. The lowest BCUT2D eigenvalue weighted by Gasteiger charge is -2.05. The summed E-state index contributed by atoms with van der Waals surface area (Å²) in [5.41, 5.74) is 9.47. The Morgan fingerprint density at radius 1 is 1.33 bits per heavy atom. The van der Waals surface area contributed by atoms with Crippen molar-refractivity contribution in [2.24, 2.45) is 0 Å². The van der Waals surface area contributed by atoms with E-state index in [0.717, 1.165) is 0 Å². The third-order valence-electron chi connectivity index (χ3n) is 1.74. The van der Waals surface area contributed by atoms with Crippen LogP contribution in [0.4, 0.5) is 5.69 Å². The van der Waals surface area contributed by atoms with E-state index in [1.165, 1.54) is 0 Å². The number of phenols is 1. The minimum Gasteiger partial charge on any atom is -0.504 e. The summed E-state index contributed by atoms with van der Waals surface area (Å²) in [6.45, 7) is 6.41. The van der Waals surface area contributed by atoms with Gasteiger partial charge in [0, 0.05) is 0 Å². The van der Waals surface area contributed by atoms with Crippen LogP contribution in [0.1, 0.15) is 5.56 Å². The Kier molecular flexibility index (Phi) is 3.33. The summed E-state index contributed by atoms with van der Waals surface area (Å²) in [5.74, 6) is 2.92. The molecule has 0 aromatic heterocycles. The lowest BCUT2D eigenvalue weighted by Crippen LogP contribution is -2.16. The van der Waals surface area contributed by atoms with E-state index in [9.17, 15) is 5.11 Å². The average Bonchev–Trinajstić information content (AvgIpc) is 2.12. The van der Waals surface area contributed by atoms with E-state index in [1.807, 2.05) is 0 Å². The van der Waals surface area contributed by atoms with Crippen LogP contribution in [0.25, 0.3) is 0 Å². The van der Waals surface area contributed by atoms with Crippen LogP contribution in [0.2, 0.25) is 24.7 Å². The van der Waals surface area contributed by atoms with Gasteiger partial charge in [-0.15, -0.1) is 5.54 Å². The summed E-state index contributed by atoms with van der Waals surface area (Å²) in [7, 11) is -1.44. The largest absolute Gasteiger partial charge is 0.504 e. The van der Waals surface area contributed by atoms with E-state index >= 15 is 0 Å². The Morgan fingerprint density at radius 2 is 1.93 bits per heavy atom. The molecule has 0 heterocycles. The molecule has 0 aliphatic heterocycles. The van der Waals surface area contributed by atoms with Crippen molar-refractivity contribution in [2.45, 2.75) is 19.6 Å². The summed E-state index contributed by atoms with van der Waals surface area (Å²) in [6, 6.07) is 3.33. The molecule has 0 fully saturated rings. The van der Waals surface area contributed by atoms with Crippen LogP contribution >= 0.6 is 11.6 Å². The number of halogens is 1. The van der Waals surface area contributed by atoms with Crippen molar-refractivity contribution in [3.63, 3.8) is 0 Å². The molecule has 0 atom stereocenters. The van der Waals surface area contributed by atoms with Gasteiger partial charge in [-0.3, -0.25) is 0 Å². The monoisotopic (exact) mass is 239 g/mol. The number of hydrogen-bond donors (Lipinski definition) is 2. The van der Waals surface area contributed by atoms with Gasteiger partial charge in [0.15, 0.2) is 5.75 Å². The van der Waals surface area contributed by atoms with E-state index in [2.05, 4.69) is 31.1 Å². The minimum atomic E-state index is -1.44. The van der Waals surface area contributed by atoms with E-state index in [-0.39, 0.29) is 11.4 Å². The average molecular weight is 240 g/mol. The zero-order valence-corrected chi connectivity index (χ0v) is 10.8. The summed E-state index contributed by atoms with van der Waals surface area (Å²) in [5, 5.41) is 10.0. The van der Waals surface area contributed by atoms with Crippen molar-refractivity contribution < 1.29 is 5.11 Å². The van der Waals surface area contributed by atoms with Gasteiger partial charge in [0.05, 0.1) is 16.3 Å². The molecule has 3 N–H and O–H groups in total. The molecule has 0 bridgehead atoms. The molecule has 1 aromatic carbocycles. The van der Waals surface area contributed by atoms with Crippen molar-refractivity contribution in [1.82, 2.24) is 0 Å². The van der Waals surface area contributed by atoms with Gasteiger partial charge in [0.25, 0.3) is 0 Å². The second-order valence-corrected chi connectivity index (χ2v) is 9.51. The SMILES string of the molecule is C[Si](C)(C)C#Cc1ccc(Cl)c(N)c1O. The van der Waals surface area contributed by atoms with Crippen LogP contribution in [0, 0.1) is 11.5 Å². The number of nitrogen functional groups attached to an aromatic ring is 1. The highest BCUT2D eigenvalue weighted by Crippen LogP contribution is 2.31. The van der Waals surface area contributed by atoms with Gasteiger partial charge in [-0.05, 0) is 12.1 Å². The molecule has 0 radical (unpaired) electrons. The fourth-order valence-corrected chi connectivity index (χ4v) is 1.60. The van der Waals surface area contributed by atoms with Crippen LogP contribution < -0.4 is 5.73 Å². The Bertz CT molecular complexity index is 440. The summed E-state index contributed by atoms with van der Waals surface area (Å²) in [4.78, 5) is 0. The smallest absolute Gasteiger partial charge is 0.155 e. The number of aromatic hydroxyl groups is 1. The molecule has 1 rings (SSSR count). The molecular formula is C11H14ClNOSi. The molecule has 80 valence electrons. The van der Waals surface area contributed by atoms with Crippen molar-refractivity contribution in [3.8, 4) is 17.2 Å². The van der Waals surface area contributed by atoms with Gasteiger partial charge >= 0.3 is 0 Å². The van der Waals surface area contributed by atoms with Crippen LogP contribution in [0.3, 0.4) is 0 Å². The third kappa shape index (κ3) is 3.19. The molecular weight excluding hydrogens is 226 g/mol. The molecule has 0 spiro atoms. The number of rotatable bonds is 0. The highest BCUT2D eigenvalue weighted by molar-refractivity contribution is 6.83. The zero-order valence-electron chi connectivity index (χ0n) is 9.06. The maximum absolute atomic E-state index is 9.68. The highest BCUT2D eigenvalue weighted by atomic mass is 35.5. The van der Waals surface area contributed by atoms with Gasteiger partial charge < -0.3 is 10.8 Å².